The molecule has 2 unspecified atom stereocenters. The van der Waals surface area contributed by atoms with Crippen molar-refractivity contribution < 1.29 is 14.6 Å². The zero-order valence-electron chi connectivity index (χ0n) is 11.1. The van der Waals surface area contributed by atoms with E-state index in [0.717, 1.165) is 11.1 Å². The van der Waals surface area contributed by atoms with Crippen LogP contribution in [0.5, 0.6) is 0 Å². The van der Waals surface area contributed by atoms with Gasteiger partial charge in [0, 0.05) is 4.83 Å². The van der Waals surface area contributed by atoms with Crippen LogP contribution in [0, 0.1) is 11.5 Å². The molecular formula is C15H18BrO3. The Morgan fingerprint density at radius 3 is 2.79 bits per heavy atom. The van der Waals surface area contributed by atoms with Crippen LogP contribution < -0.4 is 0 Å². The molecule has 4 heteroatoms. The number of aliphatic hydroxyl groups is 1. The smallest absolute Gasteiger partial charge is 0.315 e. The summed E-state index contributed by atoms with van der Waals surface area (Å²) >= 11 is 3.48. The maximum atomic E-state index is 12.4. The number of hydrogen-bond donors (Lipinski definition) is 1. The standard InChI is InChI=1S/C15H18BrO3/c1-3-19-14(18)15(8-10(2)16)9-11-6-4-5-7-12(11)13(15)17/h4-7,10,17H,3,8-9H2,1-2H3. The maximum Gasteiger partial charge on any atom is 0.315 e. The monoisotopic (exact) mass is 325 g/mol. The minimum Gasteiger partial charge on any atom is -0.465 e. The van der Waals surface area contributed by atoms with Crippen LogP contribution in [0.3, 0.4) is 0 Å². The summed E-state index contributed by atoms with van der Waals surface area (Å²) in [5.74, 6) is -0.338. The van der Waals surface area contributed by atoms with E-state index in [9.17, 15) is 9.90 Å². The van der Waals surface area contributed by atoms with Crippen molar-refractivity contribution in [1.29, 1.82) is 0 Å². The van der Waals surface area contributed by atoms with Crippen molar-refractivity contribution in [2.45, 2.75) is 31.5 Å². The summed E-state index contributed by atoms with van der Waals surface area (Å²) in [7, 11) is 0. The number of ether oxygens (including phenoxy) is 1. The second-order valence-corrected chi connectivity index (χ2v) is 6.53. The number of aliphatic hydroxyl groups excluding tert-OH is 1. The van der Waals surface area contributed by atoms with Crippen LogP contribution in [0.1, 0.15) is 31.4 Å². The fourth-order valence-electron chi connectivity index (χ4n) is 2.74. The van der Waals surface area contributed by atoms with Crippen molar-refractivity contribution in [1.82, 2.24) is 0 Å². The molecule has 0 aliphatic heterocycles. The van der Waals surface area contributed by atoms with Gasteiger partial charge in [-0.25, -0.2) is 0 Å². The van der Waals surface area contributed by atoms with E-state index in [0.29, 0.717) is 19.4 Å². The number of halogens is 1. The number of rotatable bonds is 4. The molecule has 1 aromatic carbocycles. The number of alkyl halides is 1. The molecule has 0 fully saturated rings. The highest BCUT2D eigenvalue weighted by Crippen LogP contribution is 2.49. The van der Waals surface area contributed by atoms with Gasteiger partial charge < -0.3 is 9.84 Å². The fourth-order valence-corrected chi connectivity index (χ4v) is 3.30. The van der Waals surface area contributed by atoms with Crippen molar-refractivity contribution >= 4 is 21.9 Å². The van der Waals surface area contributed by atoms with E-state index in [4.69, 9.17) is 4.74 Å². The van der Waals surface area contributed by atoms with E-state index in [-0.39, 0.29) is 16.9 Å². The molecule has 0 saturated carbocycles. The summed E-state index contributed by atoms with van der Waals surface area (Å²) < 4.78 is 5.19. The molecule has 19 heavy (non-hydrogen) atoms. The first-order chi connectivity index (χ1) is 9.01. The Labute approximate surface area is 122 Å². The molecular weight excluding hydrogens is 308 g/mol. The second-order valence-electron chi connectivity index (χ2n) is 4.97. The molecule has 3 nitrogen and oxygen atoms in total. The molecule has 1 aromatic rings. The van der Waals surface area contributed by atoms with Gasteiger partial charge >= 0.3 is 5.97 Å². The van der Waals surface area contributed by atoms with Gasteiger partial charge in [0.2, 0.25) is 0 Å². The first kappa shape index (κ1) is 14.5. The van der Waals surface area contributed by atoms with Gasteiger partial charge in [-0.15, -0.1) is 0 Å². The lowest BCUT2D eigenvalue weighted by atomic mass is 9.78. The fraction of sp³-hybridized carbons (Fsp3) is 0.467. The average Bonchev–Trinajstić information content (AvgIpc) is 2.64. The van der Waals surface area contributed by atoms with Crippen LogP contribution in [0.25, 0.3) is 0 Å². The Morgan fingerprint density at radius 1 is 1.53 bits per heavy atom. The Morgan fingerprint density at radius 2 is 2.21 bits per heavy atom. The van der Waals surface area contributed by atoms with Gasteiger partial charge in [-0.3, -0.25) is 4.79 Å². The predicted octanol–water partition coefficient (Wildman–Crippen LogP) is 3.22. The third kappa shape index (κ3) is 2.56. The molecule has 0 bridgehead atoms. The van der Waals surface area contributed by atoms with Crippen LogP contribution in [0.4, 0.5) is 0 Å². The SMILES string of the molecule is CCOC(=O)C1(CC(C)Br)Cc2ccccc2[C]1O. The highest BCUT2D eigenvalue weighted by molar-refractivity contribution is 9.09. The maximum absolute atomic E-state index is 12.4. The summed E-state index contributed by atoms with van der Waals surface area (Å²) in [5.41, 5.74) is 0.827. The summed E-state index contributed by atoms with van der Waals surface area (Å²) in [6.07, 6.45) is 1.17. The molecule has 0 spiro atoms. The van der Waals surface area contributed by atoms with E-state index in [1.54, 1.807) is 6.92 Å². The topological polar surface area (TPSA) is 46.5 Å². The van der Waals surface area contributed by atoms with Crippen LogP contribution >= 0.6 is 15.9 Å². The molecule has 0 amide bonds. The highest BCUT2D eigenvalue weighted by atomic mass is 79.9. The summed E-state index contributed by atoms with van der Waals surface area (Å²) in [5, 5.41) is 10.5. The Hall–Kier alpha value is -0.870. The van der Waals surface area contributed by atoms with Crippen molar-refractivity contribution in [3.8, 4) is 0 Å². The Balaban J connectivity index is 2.39. The zero-order chi connectivity index (χ0) is 14.0. The third-order valence-corrected chi connectivity index (χ3v) is 3.84. The Bertz CT molecular complexity index is 472. The molecule has 2 rings (SSSR count). The van der Waals surface area contributed by atoms with Gasteiger partial charge in [0.15, 0.2) is 0 Å². The van der Waals surface area contributed by atoms with Crippen LogP contribution in [0.2, 0.25) is 0 Å². The van der Waals surface area contributed by atoms with E-state index in [1.807, 2.05) is 31.2 Å². The lowest BCUT2D eigenvalue weighted by molar-refractivity contribution is -0.156. The molecule has 103 valence electrons. The minimum absolute atomic E-state index is 0.119. The van der Waals surface area contributed by atoms with Gasteiger partial charge in [0.25, 0.3) is 0 Å². The van der Waals surface area contributed by atoms with Crippen molar-refractivity contribution in [3.05, 3.63) is 41.5 Å². The van der Waals surface area contributed by atoms with E-state index in [2.05, 4.69) is 15.9 Å². The first-order valence-corrected chi connectivity index (χ1v) is 7.39. The van der Waals surface area contributed by atoms with Gasteiger partial charge in [0.05, 0.1) is 6.61 Å². The van der Waals surface area contributed by atoms with Gasteiger partial charge in [0.1, 0.15) is 11.5 Å². The van der Waals surface area contributed by atoms with Crippen LogP contribution in [-0.4, -0.2) is 22.5 Å². The molecule has 1 radical (unpaired) electrons. The van der Waals surface area contributed by atoms with Gasteiger partial charge in [-0.05, 0) is 30.9 Å². The lowest BCUT2D eigenvalue weighted by Gasteiger charge is -2.30. The third-order valence-electron chi connectivity index (χ3n) is 3.51. The van der Waals surface area contributed by atoms with Crippen LogP contribution in [-0.2, 0) is 16.0 Å². The molecule has 2 atom stereocenters. The number of carbonyl (C=O) groups is 1. The number of esters is 1. The van der Waals surface area contributed by atoms with Gasteiger partial charge in [-0.2, -0.15) is 0 Å². The Kier molecular flexibility index (Phi) is 4.31. The van der Waals surface area contributed by atoms with Crippen LogP contribution in [0.15, 0.2) is 24.3 Å². The normalized spacial score (nSPS) is 24.0. The summed E-state index contributed by atoms with van der Waals surface area (Å²) in [4.78, 5) is 12.5. The molecule has 1 N–H and O–H groups in total. The largest absolute Gasteiger partial charge is 0.465 e. The number of benzene rings is 1. The molecule has 1 aliphatic carbocycles. The zero-order valence-corrected chi connectivity index (χ0v) is 12.7. The lowest BCUT2D eigenvalue weighted by Crippen LogP contribution is -2.39. The molecule has 0 heterocycles. The van der Waals surface area contributed by atoms with E-state index >= 15 is 0 Å². The molecule has 1 aliphatic rings. The van der Waals surface area contributed by atoms with Crippen molar-refractivity contribution in [3.63, 3.8) is 0 Å². The molecule has 0 saturated heterocycles. The number of fused-ring (bicyclic) bond motifs is 1. The number of hydrogen-bond acceptors (Lipinski definition) is 3. The van der Waals surface area contributed by atoms with Crippen molar-refractivity contribution in [2.24, 2.45) is 5.41 Å². The quantitative estimate of drug-likeness (QED) is 0.683. The highest BCUT2D eigenvalue weighted by Gasteiger charge is 2.53. The first-order valence-electron chi connectivity index (χ1n) is 6.47. The average molecular weight is 326 g/mol. The van der Waals surface area contributed by atoms with Crippen molar-refractivity contribution in [2.75, 3.05) is 6.61 Å². The van der Waals surface area contributed by atoms with Gasteiger partial charge in [-0.1, -0.05) is 47.1 Å². The summed E-state index contributed by atoms with van der Waals surface area (Å²) in [6, 6.07) is 7.59. The summed E-state index contributed by atoms with van der Waals surface area (Å²) in [6.45, 7) is 4.07. The molecule has 0 aromatic heterocycles. The predicted molar refractivity (Wildman–Crippen MR) is 76.5 cm³/mol. The van der Waals surface area contributed by atoms with E-state index in [1.165, 1.54) is 0 Å². The minimum atomic E-state index is -0.942. The number of carbonyl (C=O) groups excluding carboxylic acids is 1. The second kappa shape index (κ2) is 5.63. The van der Waals surface area contributed by atoms with E-state index < -0.39 is 5.41 Å².